The van der Waals surface area contributed by atoms with Crippen LogP contribution in [-0.2, 0) is 18.0 Å². The Balaban J connectivity index is 1.47. The molecule has 0 amide bonds. The van der Waals surface area contributed by atoms with Crippen molar-refractivity contribution in [2.45, 2.75) is 44.8 Å². The molecule has 0 heterocycles. The first-order chi connectivity index (χ1) is 11.3. The van der Waals surface area contributed by atoms with Gasteiger partial charge in [0.15, 0.2) is 0 Å². The fraction of sp³-hybridized carbons (Fsp3) is 0.429. The summed E-state index contributed by atoms with van der Waals surface area (Å²) >= 11 is 0. The molecule has 2 aromatic carbocycles. The van der Waals surface area contributed by atoms with Gasteiger partial charge in [0, 0.05) is 6.61 Å². The Morgan fingerprint density at radius 3 is 2.00 bits per heavy atom. The van der Waals surface area contributed by atoms with Crippen molar-refractivity contribution in [3.05, 3.63) is 71.3 Å². The van der Waals surface area contributed by atoms with Crippen LogP contribution >= 0.6 is 0 Å². The lowest BCUT2D eigenvalue weighted by molar-refractivity contribution is 0.107. The number of hydrogen-bond acceptors (Lipinski definition) is 2. The zero-order valence-corrected chi connectivity index (χ0v) is 13.7. The second kappa shape index (κ2) is 8.28. The van der Waals surface area contributed by atoms with Gasteiger partial charge in [-0.25, -0.2) is 0 Å². The summed E-state index contributed by atoms with van der Waals surface area (Å²) in [5.74, 6) is 1.19. The van der Waals surface area contributed by atoms with Crippen molar-refractivity contribution >= 4 is 0 Å². The molecule has 2 nitrogen and oxygen atoms in total. The third-order valence-electron chi connectivity index (χ3n) is 4.94. The molecule has 0 atom stereocenters. The standard InChI is InChI=1S/C21H26O2/c22-14-17-6-10-20(11-7-17)21-12-8-19(9-13-21)16-23-15-18-4-2-1-3-5-18/h1-5,8-9,12-13,17,20,22H,6-7,10-11,14-16H2. The summed E-state index contributed by atoms with van der Waals surface area (Å²) in [5, 5.41) is 9.24. The summed E-state index contributed by atoms with van der Waals surface area (Å²) < 4.78 is 5.79. The van der Waals surface area contributed by atoms with Gasteiger partial charge in [-0.1, -0.05) is 54.6 Å². The molecule has 0 radical (unpaired) electrons. The number of aliphatic hydroxyl groups excluding tert-OH is 1. The van der Waals surface area contributed by atoms with Gasteiger partial charge in [-0.15, -0.1) is 0 Å². The fourth-order valence-electron chi connectivity index (χ4n) is 3.43. The minimum Gasteiger partial charge on any atom is -0.396 e. The maximum absolute atomic E-state index is 9.24. The summed E-state index contributed by atoms with van der Waals surface area (Å²) in [6.45, 7) is 1.67. The second-order valence-corrected chi connectivity index (χ2v) is 6.62. The van der Waals surface area contributed by atoms with Gasteiger partial charge in [0.2, 0.25) is 0 Å². The molecule has 23 heavy (non-hydrogen) atoms. The lowest BCUT2D eigenvalue weighted by atomic mass is 9.79. The summed E-state index contributed by atoms with van der Waals surface area (Å²) in [7, 11) is 0. The molecule has 0 aromatic heterocycles. The zero-order chi connectivity index (χ0) is 15.9. The molecule has 122 valence electrons. The van der Waals surface area contributed by atoms with Gasteiger partial charge in [-0.2, -0.15) is 0 Å². The molecule has 2 aromatic rings. The monoisotopic (exact) mass is 310 g/mol. The first kappa shape index (κ1) is 16.2. The summed E-state index contributed by atoms with van der Waals surface area (Å²) in [4.78, 5) is 0. The maximum Gasteiger partial charge on any atom is 0.0721 e. The molecule has 0 spiro atoms. The van der Waals surface area contributed by atoms with Crippen LogP contribution in [0.25, 0.3) is 0 Å². The van der Waals surface area contributed by atoms with Gasteiger partial charge in [-0.3, -0.25) is 0 Å². The molecule has 0 unspecified atom stereocenters. The molecule has 0 saturated heterocycles. The van der Waals surface area contributed by atoms with Crippen molar-refractivity contribution in [3.8, 4) is 0 Å². The Kier molecular flexibility index (Phi) is 5.84. The summed E-state index contributed by atoms with van der Waals surface area (Å²) in [6, 6.07) is 19.2. The van der Waals surface area contributed by atoms with Crippen molar-refractivity contribution in [2.75, 3.05) is 6.61 Å². The highest BCUT2D eigenvalue weighted by Gasteiger charge is 2.21. The van der Waals surface area contributed by atoms with Gasteiger partial charge in [-0.05, 0) is 54.2 Å². The molecular formula is C21H26O2. The van der Waals surface area contributed by atoms with E-state index in [4.69, 9.17) is 4.74 Å². The van der Waals surface area contributed by atoms with Gasteiger partial charge < -0.3 is 9.84 Å². The molecule has 1 aliphatic rings. The van der Waals surface area contributed by atoms with Gasteiger partial charge in [0.25, 0.3) is 0 Å². The van der Waals surface area contributed by atoms with Crippen LogP contribution in [0.1, 0.15) is 48.3 Å². The summed E-state index contributed by atoms with van der Waals surface area (Å²) in [5.41, 5.74) is 3.88. The van der Waals surface area contributed by atoms with Crippen molar-refractivity contribution < 1.29 is 9.84 Å². The van der Waals surface area contributed by atoms with Crippen LogP contribution < -0.4 is 0 Å². The number of ether oxygens (including phenoxy) is 1. The van der Waals surface area contributed by atoms with Gasteiger partial charge in [0.1, 0.15) is 0 Å². The predicted octanol–water partition coefficient (Wildman–Crippen LogP) is 4.67. The van der Waals surface area contributed by atoms with E-state index in [1.54, 1.807) is 0 Å². The quantitative estimate of drug-likeness (QED) is 0.840. The van der Waals surface area contributed by atoms with Crippen LogP contribution in [0.4, 0.5) is 0 Å². The first-order valence-electron chi connectivity index (χ1n) is 8.66. The molecule has 3 rings (SSSR count). The Hall–Kier alpha value is -1.64. The third kappa shape index (κ3) is 4.66. The van der Waals surface area contributed by atoms with E-state index in [0.29, 0.717) is 31.7 Å². The highest BCUT2D eigenvalue weighted by Crippen LogP contribution is 2.35. The highest BCUT2D eigenvalue weighted by molar-refractivity contribution is 5.25. The lowest BCUT2D eigenvalue weighted by Crippen LogP contribution is -2.16. The van der Waals surface area contributed by atoms with E-state index < -0.39 is 0 Å². The SMILES string of the molecule is OCC1CCC(c2ccc(COCc3ccccc3)cc2)CC1. The largest absolute Gasteiger partial charge is 0.396 e. The van der Waals surface area contributed by atoms with Crippen molar-refractivity contribution in [1.29, 1.82) is 0 Å². The van der Waals surface area contributed by atoms with Crippen LogP contribution in [0.3, 0.4) is 0 Å². The van der Waals surface area contributed by atoms with E-state index in [9.17, 15) is 5.11 Å². The Morgan fingerprint density at radius 2 is 1.39 bits per heavy atom. The van der Waals surface area contributed by atoms with Crippen LogP contribution in [0, 0.1) is 5.92 Å². The summed E-state index contributed by atoms with van der Waals surface area (Å²) in [6.07, 6.45) is 4.72. The number of aliphatic hydroxyl groups is 1. The fourth-order valence-corrected chi connectivity index (χ4v) is 3.43. The predicted molar refractivity (Wildman–Crippen MR) is 93.2 cm³/mol. The Morgan fingerprint density at radius 1 is 0.783 bits per heavy atom. The average molecular weight is 310 g/mol. The number of rotatable bonds is 6. The molecule has 0 aliphatic heterocycles. The van der Waals surface area contributed by atoms with Crippen LogP contribution in [0.15, 0.2) is 54.6 Å². The normalized spacial score (nSPS) is 21.3. The topological polar surface area (TPSA) is 29.5 Å². The molecule has 1 N–H and O–H groups in total. The molecular weight excluding hydrogens is 284 g/mol. The van der Waals surface area contributed by atoms with E-state index in [1.165, 1.54) is 29.5 Å². The minimum absolute atomic E-state index is 0.352. The third-order valence-corrected chi connectivity index (χ3v) is 4.94. The van der Waals surface area contributed by atoms with Crippen molar-refractivity contribution in [2.24, 2.45) is 5.92 Å². The first-order valence-corrected chi connectivity index (χ1v) is 8.66. The molecule has 1 saturated carbocycles. The molecule has 2 heteroatoms. The maximum atomic E-state index is 9.24. The number of benzene rings is 2. The van der Waals surface area contributed by atoms with E-state index >= 15 is 0 Å². The lowest BCUT2D eigenvalue weighted by Gasteiger charge is -2.27. The van der Waals surface area contributed by atoms with Crippen molar-refractivity contribution in [1.82, 2.24) is 0 Å². The van der Waals surface area contributed by atoms with Gasteiger partial charge in [0.05, 0.1) is 13.2 Å². The van der Waals surface area contributed by atoms with Gasteiger partial charge >= 0.3 is 0 Å². The van der Waals surface area contributed by atoms with E-state index in [2.05, 4.69) is 36.4 Å². The zero-order valence-electron chi connectivity index (χ0n) is 13.7. The molecule has 1 aliphatic carbocycles. The van der Waals surface area contributed by atoms with Crippen LogP contribution in [0.2, 0.25) is 0 Å². The molecule has 0 bridgehead atoms. The van der Waals surface area contributed by atoms with Crippen molar-refractivity contribution in [3.63, 3.8) is 0 Å². The second-order valence-electron chi connectivity index (χ2n) is 6.62. The van der Waals surface area contributed by atoms with E-state index in [1.807, 2.05) is 18.2 Å². The minimum atomic E-state index is 0.352. The smallest absolute Gasteiger partial charge is 0.0721 e. The van der Waals surface area contributed by atoms with Crippen LogP contribution in [0.5, 0.6) is 0 Å². The van der Waals surface area contributed by atoms with Crippen LogP contribution in [-0.4, -0.2) is 11.7 Å². The Bertz CT molecular complexity index is 569. The molecule has 1 fully saturated rings. The average Bonchev–Trinajstić information content (AvgIpc) is 2.63. The highest BCUT2D eigenvalue weighted by atomic mass is 16.5. The van der Waals surface area contributed by atoms with E-state index in [-0.39, 0.29) is 0 Å². The number of hydrogen-bond donors (Lipinski definition) is 1. The van der Waals surface area contributed by atoms with E-state index in [0.717, 1.165) is 12.8 Å². The Labute approximate surface area is 139 Å².